The van der Waals surface area contributed by atoms with Crippen molar-refractivity contribution in [1.82, 2.24) is 4.98 Å². The summed E-state index contributed by atoms with van der Waals surface area (Å²) in [6.45, 7) is 0.151. The molecular weight excluding hydrogens is 264 g/mol. The molecule has 2 rings (SSSR count). The number of halogens is 1. The monoisotopic (exact) mass is 272 g/mol. The number of pyridine rings is 1. The van der Waals surface area contributed by atoms with Gasteiger partial charge in [0.25, 0.3) is 0 Å². The number of nitrogens with zero attached hydrogens (tertiary/aromatic N) is 2. The van der Waals surface area contributed by atoms with E-state index in [0.717, 1.165) is 0 Å². The van der Waals surface area contributed by atoms with Gasteiger partial charge in [0.15, 0.2) is 6.29 Å². The van der Waals surface area contributed by atoms with E-state index in [-0.39, 0.29) is 6.61 Å². The molecule has 0 atom stereocenters. The molecule has 0 aliphatic heterocycles. The van der Waals surface area contributed by atoms with Crippen LogP contribution in [0.4, 0.5) is 0 Å². The van der Waals surface area contributed by atoms with Gasteiger partial charge in [0.2, 0.25) is 0 Å². The van der Waals surface area contributed by atoms with Gasteiger partial charge < -0.3 is 4.74 Å². The SMILES string of the molecule is N#Cc1ncccc1COc1cccc(Cl)c1C=O. The molecule has 1 aromatic heterocycles. The third-order valence-corrected chi connectivity index (χ3v) is 2.84. The first-order valence-corrected chi connectivity index (χ1v) is 5.84. The molecule has 0 N–H and O–H groups in total. The maximum absolute atomic E-state index is 11.0. The van der Waals surface area contributed by atoms with E-state index >= 15 is 0 Å². The van der Waals surface area contributed by atoms with E-state index in [9.17, 15) is 4.79 Å². The van der Waals surface area contributed by atoms with E-state index in [0.29, 0.717) is 33.9 Å². The fourth-order valence-electron chi connectivity index (χ4n) is 1.57. The van der Waals surface area contributed by atoms with Crippen LogP contribution in [0.25, 0.3) is 0 Å². The highest BCUT2D eigenvalue weighted by Gasteiger charge is 2.09. The molecule has 0 aliphatic carbocycles. The van der Waals surface area contributed by atoms with Gasteiger partial charge in [0.05, 0.1) is 10.6 Å². The van der Waals surface area contributed by atoms with Crippen LogP contribution < -0.4 is 4.74 Å². The molecule has 4 nitrogen and oxygen atoms in total. The minimum atomic E-state index is 0.151. The molecule has 1 aromatic carbocycles. The normalized spacial score (nSPS) is 9.68. The van der Waals surface area contributed by atoms with Crippen LogP contribution in [-0.2, 0) is 6.61 Å². The summed E-state index contributed by atoms with van der Waals surface area (Å²) in [5.41, 5.74) is 1.26. The molecule has 0 fully saturated rings. The molecule has 0 amide bonds. The van der Waals surface area contributed by atoms with Gasteiger partial charge in [-0.15, -0.1) is 0 Å². The number of hydrogen-bond donors (Lipinski definition) is 0. The number of aldehydes is 1. The topological polar surface area (TPSA) is 63.0 Å². The molecule has 0 saturated carbocycles. The second-order valence-corrected chi connectivity index (χ2v) is 4.09. The van der Waals surface area contributed by atoms with Crippen molar-refractivity contribution in [2.24, 2.45) is 0 Å². The number of benzene rings is 1. The summed E-state index contributed by atoms with van der Waals surface area (Å²) < 4.78 is 5.53. The Balaban J connectivity index is 2.22. The van der Waals surface area contributed by atoms with Crippen LogP contribution in [0.2, 0.25) is 5.02 Å². The molecule has 1 heterocycles. The van der Waals surface area contributed by atoms with Crippen LogP contribution in [-0.4, -0.2) is 11.3 Å². The van der Waals surface area contributed by atoms with Gasteiger partial charge >= 0.3 is 0 Å². The first-order valence-electron chi connectivity index (χ1n) is 5.46. The number of ether oxygens (including phenoxy) is 1. The Morgan fingerprint density at radius 1 is 1.37 bits per heavy atom. The van der Waals surface area contributed by atoms with Crippen LogP contribution >= 0.6 is 11.6 Å². The van der Waals surface area contributed by atoms with Gasteiger partial charge in [-0.25, -0.2) is 4.98 Å². The van der Waals surface area contributed by atoms with Gasteiger partial charge in [-0.1, -0.05) is 23.7 Å². The third kappa shape index (κ3) is 2.90. The molecular formula is C14H9ClN2O2. The number of rotatable bonds is 4. The minimum absolute atomic E-state index is 0.151. The smallest absolute Gasteiger partial charge is 0.155 e. The lowest BCUT2D eigenvalue weighted by Crippen LogP contribution is -2.01. The van der Waals surface area contributed by atoms with Crippen molar-refractivity contribution in [3.8, 4) is 11.8 Å². The minimum Gasteiger partial charge on any atom is -0.488 e. The third-order valence-electron chi connectivity index (χ3n) is 2.51. The predicted molar refractivity (Wildman–Crippen MR) is 70.1 cm³/mol. The zero-order chi connectivity index (χ0) is 13.7. The highest BCUT2D eigenvalue weighted by atomic mass is 35.5. The van der Waals surface area contributed by atoms with Gasteiger partial charge in [-0.3, -0.25) is 4.79 Å². The Labute approximate surface area is 115 Å². The molecule has 0 saturated heterocycles. The summed E-state index contributed by atoms with van der Waals surface area (Å²) in [6.07, 6.45) is 2.18. The Hall–Kier alpha value is -2.38. The summed E-state index contributed by atoms with van der Waals surface area (Å²) in [6, 6.07) is 10.4. The van der Waals surface area contributed by atoms with Crippen molar-refractivity contribution in [3.05, 3.63) is 58.4 Å². The largest absolute Gasteiger partial charge is 0.488 e. The van der Waals surface area contributed by atoms with Gasteiger partial charge in [0, 0.05) is 11.8 Å². The molecule has 2 aromatic rings. The molecule has 0 bridgehead atoms. The van der Waals surface area contributed by atoms with E-state index < -0.39 is 0 Å². The van der Waals surface area contributed by atoms with Gasteiger partial charge in [-0.2, -0.15) is 5.26 Å². The molecule has 0 spiro atoms. The van der Waals surface area contributed by atoms with Crippen molar-refractivity contribution in [2.45, 2.75) is 6.61 Å². The Bertz CT molecular complexity index is 650. The van der Waals surface area contributed by atoms with E-state index in [2.05, 4.69) is 4.98 Å². The summed E-state index contributed by atoms with van der Waals surface area (Å²) in [5, 5.41) is 9.25. The number of carbonyl (C=O) groups excluding carboxylic acids is 1. The molecule has 19 heavy (non-hydrogen) atoms. The predicted octanol–water partition coefficient (Wildman–Crippen LogP) is 3.00. The molecule has 0 aliphatic rings. The number of hydrogen-bond acceptors (Lipinski definition) is 4. The highest BCUT2D eigenvalue weighted by molar-refractivity contribution is 6.33. The fraction of sp³-hybridized carbons (Fsp3) is 0.0714. The summed E-state index contributed by atoms with van der Waals surface area (Å²) >= 11 is 5.89. The number of carbonyl (C=O) groups is 1. The van der Waals surface area contributed by atoms with E-state index in [1.54, 1.807) is 30.3 Å². The van der Waals surface area contributed by atoms with Crippen molar-refractivity contribution in [3.63, 3.8) is 0 Å². The standard InChI is InChI=1S/C14H9ClN2O2/c15-12-4-1-5-14(11(12)8-18)19-9-10-3-2-6-17-13(10)7-16/h1-6,8H,9H2. The molecule has 94 valence electrons. The number of nitriles is 1. The van der Waals surface area contributed by atoms with Gasteiger partial charge in [-0.05, 0) is 18.2 Å². The van der Waals surface area contributed by atoms with Crippen LogP contribution in [0.1, 0.15) is 21.6 Å². The first kappa shape index (κ1) is 13.1. The van der Waals surface area contributed by atoms with Crippen LogP contribution in [0.3, 0.4) is 0 Å². The molecule has 0 radical (unpaired) electrons. The van der Waals surface area contributed by atoms with Crippen molar-refractivity contribution < 1.29 is 9.53 Å². The lowest BCUT2D eigenvalue weighted by atomic mass is 10.2. The number of aromatic nitrogens is 1. The zero-order valence-corrected chi connectivity index (χ0v) is 10.6. The average Bonchev–Trinajstić information content (AvgIpc) is 2.45. The van der Waals surface area contributed by atoms with Crippen molar-refractivity contribution >= 4 is 17.9 Å². The van der Waals surface area contributed by atoms with E-state index in [4.69, 9.17) is 21.6 Å². The second-order valence-electron chi connectivity index (χ2n) is 3.68. The Morgan fingerprint density at radius 2 is 2.21 bits per heavy atom. The van der Waals surface area contributed by atoms with Crippen LogP contribution in [0.5, 0.6) is 5.75 Å². The van der Waals surface area contributed by atoms with E-state index in [1.165, 1.54) is 6.20 Å². The Morgan fingerprint density at radius 3 is 2.95 bits per heavy atom. The maximum atomic E-state index is 11.0. The molecule has 0 unspecified atom stereocenters. The van der Waals surface area contributed by atoms with Crippen molar-refractivity contribution in [1.29, 1.82) is 5.26 Å². The fourth-order valence-corrected chi connectivity index (χ4v) is 1.78. The lowest BCUT2D eigenvalue weighted by Gasteiger charge is -2.09. The first-order chi connectivity index (χ1) is 9.26. The van der Waals surface area contributed by atoms with Crippen LogP contribution in [0.15, 0.2) is 36.5 Å². The summed E-state index contributed by atoms with van der Waals surface area (Å²) in [4.78, 5) is 14.9. The van der Waals surface area contributed by atoms with E-state index in [1.807, 2.05) is 6.07 Å². The van der Waals surface area contributed by atoms with Crippen LogP contribution in [0, 0.1) is 11.3 Å². The quantitative estimate of drug-likeness (QED) is 0.803. The highest BCUT2D eigenvalue weighted by Crippen LogP contribution is 2.25. The second kappa shape index (κ2) is 5.98. The lowest BCUT2D eigenvalue weighted by molar-refractivity contribution is 0.111. The summed E-state index contributed by atoms with van der Waals surface area (Å²) in [5.74, 6) is 0.384. The molecule has 5 heteroatoms. The van der Waals surface area contributed by atoms with Gasteiger partial charge in [0.1, 0.15) is 24.1 Å². The Kier molecular flexibility index (Phi) is 4.11. The summed E-state index contributed by atoms with van der Waals surface area (Å²) in [7, 11) is 0. The van der Waals surface area contributed by atoms with Crippen molar-refractivity contribution in [2.75, 3.05) is 0 Å². The average molecular weight is 273 g/mol. The zero-order valence-electron chi connectivity index (χ0n) is 9.84. The maximum Gasteiger partial charge on any atom is 0.155 e.